The van der Waals surface area contributed by atoms with Crippen LogP contribution in [-0.2, 0) is 19.0 Å². The average molecular weight is 493 g/mol. The molecule has 1 aliphatic carbocycles. The molecule has 35 heavy (non-hydrogen) atoms. The predicted molar refractivity (Wildman–Crippen MR) is 133 cm³/mol. The quantitative estimate of drug-likeness (QED) is 0.253. The maximum atomic E-state index is 14.9. The predicted octanol–water partition coefficient (Wildman–Crippen LogP) is 4.52. The molecule has 182 valence electrons. The molecule has 1 aromatic carbocycles. The number of halogens is 1. The third-order valence-corrected chi connectivity index (χ3v) is 8.60. The average Bonchev–Trinajstić information content (AvgIpc) is 3.37. The highest BCUT2D eigenvalue weighted by Crippen LogP contribution is 2.59. The molecule has 0 unspecified atom stereocenters. The van der Waals surface area contributed by atoms with E-state index in [0.29, 0.717) is 24.0 Å². The van der Waals surface area contributed by atoms with E-state index >= 15 is 0 Å². The van der Waals surface area contributed by atoms with Crippen LogP contribution in [0.4, 0.5) is 4.39 Å². The largest absolute Gasteiger partial charge is 0.440 e. The van der Waals surface area contributed by atoms with Gasteiger partial charge in [0.05, 0.1) is 5.69 Å². The molecule has 7 nitrogen and oxygen atoms in total. The SMILES string of the molecule is Cc1ncoc1-c1nnc(SCCCN2C[C@@H]3C[C@]3(c3ccc(Cn4cccc4)c(F)c3)C2)n1C. The van der Waals surface area contributed by atoms with Crippen molar-refractivity contribution < 1.29 is 8.81 Å². The van der Waals surface area contributed by atoms with Crippen molar-refractivity contribution in [2.45, 2.75) is 36.9 Å². The van der Waals surface area contributed by atoms with Crippen molar-refractivity contribution in [2.75, 3.05) is 25.4 Å². The Kier molecular flexibility index (Phi) is 5.76. The molecule has 3 aromatic heterocycles. The van der Waals surface area contributed by atoms with Crippen molar-refractivity contribution in [1.29, 1.82) is 0 Å². The van der Waals surface area contributed by atoms with Gasteiger partial charge in [0.15, 0.2) is 17.3 Å². The molecule has 4 heterocycles. The van der Waals surface area contributed by atoms with Crippen LogP contribution in [0.5, 0.6) is 0 Å². The highest BCUT2D eigenvalue weighted by molar-refractivity contribution is 7.99. The summed E-state index contributed by atoms with van der Waals surface area (Å²) in [7, 11) is 1.96. The number of benzene rings is 1. The summed E-state index contributed by atoms with van der Waals surface area (Å²) in [6.45, 7) is 5.66. The third kappa shape index (κ3) is 4.21. The van der Waals surface area contributed by atoms with Gasteiger partial charge in [0.25, 0.3) is 0 Å². The van der Waals surface area contributed by atoms with Crippen molar-refractivity contribution in [1.82, 2.24) is 29.2 Å². The normalized spacial score (nSPS) is 21.5. The van der Waals surface area contributed by atoms with Gasteiger partial charge in [-0.3, -0.25) is 0 Å². The molecule has 6 rings (SSSR count). The summed E-state index contributed by atoms with van der Waals surface area (Å²) in [4.78, 5) is 6.68. The summed E-state index contributed by atoms with van der Waals surface area (Å²) in [6, 6.07) is 9.86. The van der Waals surface area contributed by atoms with Gasteiger partial charge in [0.1, 0.15) is 5.82 Å². The molecule has 2 fully saturated rings. The maximum absolute atomic E-state index is 14.9. The van der Waals surface area contributed by atoms with Crippen LogP contribution in [0.1, 0.15) is 29.7 Å². The Labute approximate surface area is 208 Å². The summed E-state index contributed by atoms with van der Waals surface area (Å²) in [5, 5.41) is 9.49. The Morgan fingerprint density at radius 1 is 1.23 bits per heavy atom. The number of thioether (sulfide) groups is 1. The molecule has 2 aliphatic rings. The van der Waals surface area contributed by atoms with Crippen LogP contribution in [-0.4, -0.2) is 54.6 Å². The minimum absolute atomic E-state index is 0.0883. The summed E-state index contributed by atoms with van der Waals surface area (Å²) >= 11 is 1.72. The number of likely N-dealkylation sites (tertiary alicyclic amines) is 1. The van der Waals surface area contributed by atoms with Crippen LogP contribution in [0.15, 0.2) is 58.7 Å². The van der Waals surface area contributed by atoms with Crippen molar-refractivity contribution in [3.8, 4) is 11.6 Å². The first kappa shape index (κ1) is 22.5. The second-order valence-corrected chi connectivity index (χ2v) is 10.9. The molecule has 1 saturated carbocycles. The number of aromatic nitrogens is 5. The van der Waals surface area contributed by atoms with E-state index in [1.54, 1.807) is 17.8 Å². The molecule has 4 aromatic rings. The fourth-order valence-corrected chi connectivity index (χ4v) is 6.30. The van der Waals surface area contributed by atoms with Crippen molar-refractivity contribution >= 4 is 11.8 Å². The van der Waals surface area contributed by atoms with Gasteiger partial charge in [-0.1, -0.05) is 23.9 Å². The van der Waals surface area contributed by atoms with Crippen LogP contribution < -0.4 is 0 Å². The lowest BCUT2D eigenvalue weighted by molar-refractivity contribution is 0.299. The summed E-state index contributed by atoms with van der Waals surface area (Å²) < 4.78 is 24.3. The molecular weight excluding hydrogens is 463 g/mol. The number of hydrogen-bond acceptors (Lipinski definition) is 6. The van der Waals surface area contributed by atoms with Crippen LogP contribution in [0.25, 0.3) is 11.6 Å². The lowest BCUT2D eigenvalue weighted by atomic mass is 9.93. The topological polar surface area (TPSA) is 64.9 Å². The van der Waals surface area contributed by atoms with Gasteiger partial charge in [-0.25, -0.2) is 9.37 Å². The molecule has 0 amide bonds. The van der Waals surface area contributed by atoms with E-state index in [0.717, 1.165) is 48.2 Å². The Bertz CT molecular complexity index is 1330. The van der Waals surface area contributed by atoms with Crippen LogP contribution in [0.3, 0.4) is 0 Å². The fourth-order valence-electron chi connectivity index (χ4n) is 5.47. The number of aryl methyl sites for hydroxylation is 1. The van der Waals surface area contributed by atoms with E-state index in [1.807, 2.05) is 53.7 Å². The van der Waals surface area contributed by atoms with Crippen molar-refractivity contribution in [3.05, 3.63) is 71.8 Å². The number of nitrogens with zero attached hydrogens (tertiary/aromatic N) is 6. The molecule has 9 heteroatoms. The van der Waals surface area contributed by atoms with E-state index in [2.05, 4.69) is 26.1 Å². The van der Waals surface area contributed by atoms with E-state index < -0.39 is 0 Å². The Balaban J connectivity index is 1.02. The van der Waals surface area contributed by atoms with Crippen molar-refractivity contribution in [3.63, 3.8) is 0 Å². The van der Waals surface area contributed by atoms with Crippen LogP contribution >= 0.6 is 11.8 Å². The second kappa shape index (κ2) is 8.95. The Morgan fingerprint density at radius 2 is 2.09 bits per heavy atom. The molecule has 0 N–H and O–H groups in total. The van der Waals surface area contributed by atoms with Gasteiger partial charge in [-0.05, 0) is 56.0 Å². The molecule has 1 saturated heterocycles. The van der Waals surface area contributed by atoms with E-state index in [-0.39, 0.29) is 11.2 Å². The minimum Gasteiger partial charge on any atom is -0.440 e. The van der Waals surface area contributed by atoms with Gasteiger partial charge in [-0.15, -0.1) is 10.2 Å². The number of fused-ring (bicyclic) bond motifs is 1. The Morgan fingerprint density at radius 3 is 2.86 bits per heavy atom. The first-order chi connectivity index (χ1) is 17.0. The first-order valence-electron chi connectivity index (χ1n) is 12.1. The second-order valence-electron chi connectivity index (χ2n) is 9.79. The molecular formula is C26H29FN6OS. The molecule has 1 aliphatic heterocycles. The summed E-state index contributed by atoms with van der Waals surface area (Å²) in [5.74, 6) is 2.90. The highest BCUT2D eigenvalue weighted by atomic mass is 32.2. The first-order valence-corrected chi connectivity index (χ1v) is 13.1. The third-order valence-electron chi connectivity index (χ3n) is 7.50. The molecule has 0 bridgehead atoms. The summed E-state index contributed by atoms with van der Waals surface area (Å²) in [5.41, 5.74) is 2.88. The lowest BCUT2D eigenvalue weighted by Gasteiger charge is -2.21. The van der Waals surface area contributed by atoms with E-state index in [9.17, 15) is 4.39 Å². The van der Waals surface area contributed by atoms with Gasteiger partial charge >= 0.3 is 0 Å². The number of piperidine rings is 1. The maximum Gasteiger partial charge on any atom is 0.202 e. The van der Waals surface area contributed by atoms with E-state index in [1.165, 1.54) is 18.4 Å². The lowest BCUT2D eigenvalue weighted by Crippen LogP contribution is -2.28. The van der Waals surface area contributed by atoms with E-state index in [4.69, 9.17) is 4.42 Å². The molecule has 2 atom stereocenters. The number of rotatable bonds is 9. The van der Waals surface area contributed by atoms with Gasteiger partial charge in [0.2, 0.25) is 5.82 Å². The zero-order valence-electron chi connectivity index (χ0n) is 20.0. The smallest absolute Gasteiger partial charge is 0.202 e. The zero-order chi connectivity index (χ0) is 24.0. The monoisotopic (exact) mass is 492 g/mol. The molecule has 0 radical (unpaired) electrons. The van der Waals surface area contributed by atoms with Crippen LogP contribution in [0.2, 0.25) is 0 Å². The highest BCUT2D eigenvalue weighted by Gasteiger charge is 2.60. The number of hydrogen-bond donors (Lipinski definition) is 0. The van der Waals surface area contributed by atoms with Crippen molar-refractivity contribution in [2.24, 2.45) is 13.0 Å². The van der Waals surface area contributed by atoms with Gasteiger partial charge in [-0.2, -0.15) is 0 Å². The van der Waals surface area contributed by atoms with Crippen LogP contribution in [0, 0.1) is 18.7 Å². The minimum atomic E-state index is -0.0883. The molecule has 0 spiro atoms. The summed E-state index contributed by atoms with van der Waals surface area (Å²) in [6.07, 6.45) is 7.62. The Hall–Kier alpha value is -2.91. The standard InChI is InChI=1S/C26H29FN6OS/c1-18-23(34-17-28-18)24-29-30-25(31(24)2)35-11-5-10-33-15-21-13-26(21,16-33)20-7-6-19(22(27)12-20)14-32-8-3-4-9-32/h3-4,6-9,12,17,21H,5,10-11,13-16H2,1-2H3/t21-,26+/m0/s1. The van der Waals surface area contributed by atoms with Gasteiger partial charge < -0.3 is 18.5 Å². The zero-order valence-corrected chi connectivity index (χ0v) is 20.8. The van der Waals surface area contributed by atoms with Gasteiger partial charge in [0, 0.05) is 55.8 Å². The number of oxazole rings is 1. The fraction of sp³-hybridized carbons (Fsp3) is 0.423.